The molecule has 1 aromatic rings. The summed E-state index contributed by atoms with van der Waals surface area (Å²) in [5, 5.41) is 2.53. The summed E-state index contributed by atoms with van der Waals surface area (Å²) in [5.41, 5.74) is -1.36. The summed E-state index contributed by atoms with van der Waals surface area (Å²) in [5.74, 6) is -6.88. The minimum atomic E-state index is -3.22. The van der Waals surface area contributed by atoms with Gasteiger partial charge in [-0.3, -0.25) is 9.59 Å². The van der Waals surface area contributed by atoms with Crippen LogP contribution in [-0.2, 0) is 4.79 Å². The van der Waals surface area contributed by atoms with Gasteiger partial charge in [0.15, 0.2) is 11.6 Å². The van der Waals surface area contributed by atoms with E-state index >= 15 is 0 Å². The summed E-state index contributed by atoms with van der Waals surface area (Å²) < 4.78 is 54.9. The minimum Gasteiger partial charge on any atom is -0.356 e. The topological polar surface area (TPSA) is 49.4 Å². The standard InChI is InChI=1S/C16H16F4N2O2/c1-9-4-11(17)12(18)5-10(9)13(23)22-7-15(2-3-21-14(15)24)6-16(19,20)8-22/h4-5H,2-3,6-8H2,1H3,(H,21,24)/t15-/m1/s1. The normalized spacial score (nSPS) is 25.9. The minimum absolute atomic E-state index is 0.151. The molecule has 2 fully saturated rings. The van der Waals surface area contributed by atoms with Crippen LogP contribution in [0.4, 0.5) is 17.6 Å². The first-order valence-corrected chi connectivity index (χ1v) is 7.55. The van der Waals surface area contributed by atoms with Crippen molar-refractivity contribution in [3.8, 4) is 0 Å². The second-order valence-corrected chi connectivity index (χ2v) is 6.56. The average Bonchev–Trinajstić information content (AvgIpc) is 2.80. The number of benzene rings is 1. The number of rotatable bonds is 1. The highest BCUT2D eigenvalue weighted by Crippen LogP contribution is 2.43. The van der Waals surface area contributed by atoms with Crippen LogP contribution in [0.25, 0.3) is 0 Å². The number of hydrogen-bond acceptors (Lipinski definition) is 2. The molecule has 0 unspecified atom stereocenters. The van der Waals surface area contributed by atoms with E-state index in [-0.39, 0.29) is 30.6 Å². The molecule has 2 saturated heterocycles. The van der Waals surface area contributed by atoms with E-state index in [2.05, 4.69) is 5.32 Å². The number of alkyl halides is 2. The maximum absolute atomic E-state index is 14.1. The SMILES string of the molecule is Cc1cc(F)c(F)cc1C(=O)N1CC(F)(F)C[C@]2(CCNC2=O)C1. The molecule has 2 amide bonds. The first-order valence-electron chi connectivity index (χ1n) is 7.55. The molecule has 1 spiro atoms. The van der Waals surface area contributed by atoms with Gasteiger partial charge in [-0.1, -0.05) is 0 Å². The van der Waals surface area contributed by atoms with Gasteiger partial charge in [0.2, 0.25) is 5.91 Å². The van der Waals surface area contributed by atoms with Crippen LogP contribution in [0.5, 0.6) is 0 Å². The van der Waals surface area contributed by atoms with E-state index in [1.807, 2.05) is 0 Å². The Morgan fingerprint density at radius 3 is 2.50 bits per heavy atom. The highest BCUT2D eigenvalue weighted by atomic mass is 19.3. The number of carbonyl (C=O) groups excluding carboxylic acids is 2. The van der Waals surface area contributed by atoms with Crippen LogP contribution in [-0.4, -0.2) is 42.3 Å². The summed E-state index contributed by atoms with van der Waals surface area (Å²) in [6.45, 7) is 0.669. The van der Waals surface area contributed by atoms with Crippen LogP contribution in [0.2, 0.25) is 0 Å². The zero-order valence-corrected chi connectivity index (χ0v) is 13.0. The maximum Gasteiger partial charge on any atom is 0.266 e. The molecule has 2 heterocycles. The molecule has 2 aliphatic rings. The van der Waals surface area contributed by atoms with Crippen LogP contribution in [0.1, 0.15) is 28.8 Å². The van der Waals surface area contributed by atoms with Gasteiger partial charge in [0, 0.05) is 25.1 Å². The first kappa shape index (κ1) is 16.7. The van der Waals surface area contributed by atoms with Crippen LogP contribution >= 0.6 is 0 Å². The zero-order chi connectivity index (χ0) is 17.7. The Morgan fingerprint density at radius 2 is 1.88 bits per heavy atom. The number of nitrogens with zero attached hydrogens (tertiary/aromatic N) is 1. The van der Waals surface area contributed by atoms with Crippen molar-refractivity contribution in [3.05, 3.63) is 34.9 Å². The number of carbonyl (C=O) groups is 2. The predicted octanol–water partition coefficient (Wildman–Crippen LogP) is 2.26. The van der Waals surface area contributed by atoms with E-state index in [9.17, 15) is 27.2 Å². The molecule has 4 nitrogen and oxygen atoms in total. The van der Waals surface area contributed by atoms with E-state index in [4.69, 9.17) is 0 Å². The molecule has 1 atom stereocenters. The second-order valence-electron chi connectivity index (χ2n) is 6.56. The van der Waals surface area contributed by atoms with Crippen LogP contribution < -0.4 is 5.32 Å². The summed E-state index contributed by atoms with van der Waals surface area (Å²) in [6.07, 6.45) is -0.408. The summed E-state index contributed by atoms with van der Waals surface area (Å²) in [4.78, 5) is 25.5. The quantitative estimate of drug-likeness (QED) is 0.795. The largest absolute Gasteiger partial charge is 0.356 e. The Kier molecular flexibility index (Phi) is 3.80. The molecular weight excluding hydrogens is 328 g/mol. The van der Waals surface area contributed by atoms with E-state index in [1.54, 1.807) is 0 Å². The van der Waals surface area contributed by atoms with E-state index in [0.717, 1.165) is 11.0 Å². The monoisotopic (exact) mass is 344 g/mol. The van der Waals surface area contributed by atoms with E-state index in [1.165, 1.54) is 6.92 Å². The molecule has 0 bridgehead atoms. The predicted molar refractivity (Wildman–Crippen MR) is 76.6 cm³/mol. The van der Waals surface area contributed by atoms with Crippen molar-refractivity contribution in [2.45, 2.75) is 25.7 Å². The molecule has 0 aliphatic carbocycles. The Balaban J connectivity index is 1.95. The van der Waals surface area contributed by atoms with Gasteiger partial charge >= 0.3 is 0 Å². The van der Waals surface area contributed by atoms with E-state index < -0.39 is 47.8 Å². The summed E-state index contributed by atoms with van der Waals surface area (Å²) >= 11 is 0. The number of piperidine rings is 1. The van der Waals surface area contributed by atoms with Crippen molar-refractivity contribution in [2.75, 3.05) is 19.6 Å². The van der Waals surface area contributed by atoms with Gasteiger partial charge in [0.1, 0.15) is 0 Å². The molecule has 24 heavy (non-hydrogen) atoms. The van der Waals surface area contributed by atoms with Crippen molar-refractivity contribution < 1.29 is 27.2 Å². The number of nitrogens with one attached hydrogen (secondary N) is 1. The number of aryl methyl sites for hydroxylation is 1. The van der Waals surface area contributed by atoms with Gasteiger partial charge in [-0.05, 0) is 31.0 Å². The van der Waals surface area contributed by atoms with Gasteiger partial charge in [0.25, 0.3) is 11.8 Å². The summed E-state index contributed by atoms with van der Waals surface area (Å²) in [7, 11) is 0. The third-order valence-corrected chi connectivity index (χ3v) is 4.67. The fourth-order valence-electron chi connectivity index (χ4n) is 3.53. The molecule has 0 saturated carbocycles. The molecule has 1 aromatic carbocycles. The molecule has 0 radical (unpaired) electrons. The first-order chi connectivity index (χ1) is 11.1. The highest BCUT2D eigenvalue weighted by molar-refractivity contribution is 5.96. The summed E-state index contributed by atoms with van der Waals surface area (Å²) in [6, 6.07) is 1.56. The smallest absolute Gasteiger partial charge is 0.266 e. The lowest BCUT2D eigenvalue weighted by atomic mass is 9.77. The Hall–Kier alpha value is -2.12. The fourth-order valence-corrected chi connectivity index (χ4v) is 3.53. The van der Waals surface area contributed by atoms with Gasteiger partial charge in [-0.25, -0.2) is 17.6 Å². The van der Waals surface area contributed by atoms with Crippen molar-refractivity contribution in [1.29, 1.82) is 0 Å². The molecule has 8 heteroatoms. The lowest BCUT2D eigenvalue weighted by Gasteiger charge is -2.42. The van der Waals surface area contributed by atoms with Crippen LogP contribution in [0.15, 0.2) is 12.1 Å². The zero-order valence-electron chi connectivity index (χ0n) is 13.0. The van der Waals surface area contributed by atoms with Gasteiger partial charge in [0.05, 0.1) is 12.0 Å². The van der Waals surface area contributed by atoms with E-state index in [0.29, 0.717) is 6.07 Å². The fraction of sp³-hybridized carbons (Fsp3) is 0.500. The Labute approximate surface area is 135 Å². The van der Waals surface area contributed by atoms with Crippen molar-refractivity contribution in [1.82, 2.24) is 10.2 Å². The lowest BCUT2D eigenvalue weighted by molar-refractivity contribution is -0.144. The van der Waals surface area contributed by atoms with Crippen molar-refractivity contribution in [2.24, 2.45) is 5.41 Å². The molecule has 3 rings (SSSR count). The Morgan fingerprint density at radius 1 is 1.21 bits per heavy atom. The third-order valence-electron chi connectivity index (χ3n) is 4.67. The highest BCUT2D eigenvalue weighted by Gasteiger charge is 2.55. The number of likely N-dealkylation sites (tertiary alicyclic amines) is 1. The Bertz CT molecular complexity index is 722. The van der Waals surface area contributed by atoms with Crippen LogP contribution in [0.3, 0.4) is 0 Å². The molecule has 130 valence electrons. The molecule has 1 N–H and O–H groups in total. The second kappa shape index (κ2) is 5.46. The molecular formula is C16H16F4N2O2. The molecule has 2 aliphatic heterocycles. The van der Waals surface area contributed by atoms with Gasteiger partial charge in [-0.15, -0.1) is 0 Å². The number of hydrogen-bond donors (Lipinski definition) is 1. The maximum atomic E-state index is 14.1. The van der Waals surface area contributed by atoms with Crippen molar-refractivity contribution >= 4 is 11.8 Å². The van der Waals surface area contributed by atoms with Crippen molar-refractivity contribution in [3.63, 3.8) is 0 Å². The number of amides is 2. The van der Waals surface area contributed by atoms with Crippen LogP contribution in [0, 0.1) is 24.0 Å². The third kappa shape index (κ3) is 2.74. The number of halogens is 4. The van der Waals surface area contributed by atoms with Gasteiger partial charge in [-0.2, -0.15) is 0 Å². The lowest BCUT2D eigenvalue weighted by Crippen LogP contribution is -2.57. The average molecular weight is 344 g/mol. The molecule has 0 aromatic heterocycles. The van der Waals surface area contributed by atoms with Gasteiger partial charge < -0.3 is 10.2 Å².